The van der Waals surface area contributed by atoms with Gasteiger partial charge in [0.15, 0.2) is 0 Å². The lowest BCUT2D eigenvalue weighted by Crippen LogP contribution is -2.55. The largest absolute Gasteiger partial charge is 0.393 e. The Bertz CT molecular complexity index is 424. The van der Waals surface area contributed by atoms with Crippen LogP contribution in [0.15, 0.2) is 0 Å². The lowest BCUT2D eigenvalue weighted by molar-refractivity contribution is -0.122. The highest BCUT2D eigenvalue weighted by Crippen LogP contribution is 2.65. The first kappa shape index (κ1) is 14.5. The number of nitrogens with two attached hydrogens (primary N) is 1. The van der Waals surface area contributed by atoms with E-state index in [2.05, 4.69) is 13.8 Å². The van der Waals surface area contributed by atoms with Gasteiger partial charge in [0.1, 0.15) is 0 Å². The van der Waals surface area contributed by atoms with Gasteiger partial charge in [-0.3, -0.25) is 0 Å². The monoisotopic (exact) mass is 291 g/mol. The standard InChI is InChI=1S/C19H33NO/c1-18-9-7-13(21)11-12(18)3-4-14-15-5-6-17(20)19(15,2)10-8-16(14)18/h12-17,21H,3-11,20H2,1-2H3/t12-,13+,14-,15-,16-,17-,18-,19-/m0/s1. The number of aliphatic hydroxyl groups excluding tert-OH is 1. The topological polar surface area (TPSA) is 46.2 Å². The van der Waals surface area contributed by atoms with Crippen LogP contribution < -0.4 is 5.73 Å². The van der Waals surface area contributed by atoms with E-state index in [0.717, 1.165) is 36.5 Å². The number of hydrogen-bond donors (Lipinski definition) is 2. The zero-order valence-electron chi connectivity index (χ0n) is 13.9. The molecule has 0 aromatic carbocycles. The Labute approximate surface area is 129 Å². The van der Waals surface area contributed by atoms with E-state index in [0.29, 0.717) is 16.9 Å². The summed E-state index contributed by atoms with van der Waals surface area (Å²) in [6.07, 6.45) is 11.5. The van der Waals surface area contributed by atoms with Gasteiger partial charge in [-0.25, -0.2) is 0 Å². The van der Waals surface area contributed by atoms with Crippen LogP contribution >= 0.6 is 0 Å². The molecule has 0 unspecified atom stereocenters. The van der Waals surface area contributed by atoms with Gasteiger partial charge in [-0.15, -0.1) is 0 Å². The summed E-state index contributed by atoms with van der Waals surface area (Å²) >= 11 is 0. The first-order valence-corrected chi connectivity index (χ1v) is 9.39. The summed E-state index contributed by atoms with van der Waals surface area (Å²) < 4.78 is 0. The van der Waals surface area contributed by atoms with E-state index in [-0.39, 0.29) is 6.10 Å². The van der Waals surface area contributed by atoms with Crippen molar-refractivity contribution in [1.82, 2.24) is 0 Å². The predicted octanol–water partition coefficient (Wildman–Crippen LogP) is 3.72. The molecule has 2 nitrogen and oxygen atoms in total. The van der Waals surface area contributed by atoms with Crippen LogP contribution in [0.4, 0.5) is 0 Å². The summed E-state index contributed by atoms with van der Waals surface area (Å²) in [5, 5.41) is 10.1. The summed E-state index contributed by atoms with van der Waals surface area (Å²) in [5.74, 6) is 3.50. The highest BCUT2D eigenvalue weighted by Gasteiger charge is 2.59. The lowest BCUT2D eigenvalue weighted by Gasteiger charge is -2.60. The quantitative estimate of drug-likeness (QED) is 0.714. The van der Waals surface area contributed by atoms with Gasteiger partial charge in [0.05, 0.1) is 6.10 Å². The number of rotatable bonds is 0. The van der Waals surface area contributed by atoms with Gasteiger partial charge in [-0.2, -0.15) is 0 Å². The van der Waals surface area contributed by atoms with E-state index in [1.54, 1.807) is 0 Å². The maximum absolute atomic E-state index is 10.1. The first-order chi connectivity index (χ1) is 9.95. The van der Waals surface area contributed by atoms with Gasteiger partial charge in [0.25, 0.3) is 0 Å². The first-order valence-electron chi connectivity index (χ1n) is 9.39. The Morgan fingerprint density at radius 1 is 0.857 bits per heavy atom. The van der Waals surface area contributed by atoms with Crippen LogP contribution in [0.25, 0.3) is 0 Å². The molecule has 4 aliphatic rings. The van der Waals surface area contributed by atoms with E-state index < -0.39 is 0 Å². The van der Waals surface area contributed by atoms with Crippen molar-refractivity contribution < 1.29 is 5.11 Å². The van der Waals surface area contributed by atoms with E-state index in [9.17, 15) is 5.11 Å². The molecule has 4 saturated carbocycles. The van der Waals surface area contributed by atoms with E-state index >= 15 is 0 Å². The second-order valence-electron chi connectivity index (χ2n) is 9.31. The van der Waals surface area contributed by atoms with Crippen LogP contribution in [0, 0.1) is 34.5 Å². The Kier molecular flexibility index (Phi) is 3.25. The summed E-state index contributed by atoms with van der Waals surface area (Å²) in [4.78, 5) is 0. The van der Waals surface area contributed by atoms with Crippen LogP contribution in [0.3, 0.4) is 0 Å². The smallest absolute Gasteiger partial charge is 0.0543 e. The van der Waals surface area contributed by atoms with Crippen molar-refractivity contribution in [2.75, 3.05) is 0 Å². The van der Waals surface area contributed by atoms with Crippen molar-refractivity contribution >= 4 is 0 Å². The molecule has 0 aliphatic heterocycles. The fraction of sp³-hybridized carbons (Fsp3) is 1.00. The molecule has 0 amide bonds. The molecule has 0 heterocycles. The van der Waals surface area contributed by atoms with Crippen molar-refractivity contribution in [2.24, 2.45) is 40.2 Å². The van der Waals surface area contributed by atoms with Crippen molar-refractivity contribution in [3.8, 4) is 0 Å². The van der Waals surface area contributed by atoms with Gasteiger partial charge in [0.2, 0.25) is 0 Å². The highest BCUT2D eigenvalue weighted by atomic mass is 16.3. The van der Waals surface area contributed by atoms with Crippen molar-refractivity contribution in [3.63, 3.8) is 0 Å². The summed E-state index contributed by atoms with van der Waals surface area (Å²) in [5.41, 5.74) is 7.43. The molecule has 2 heteroatoms. The molecule has 0 bridgehead atoms. The summed E-state index contributed by atoms with van der Waals surface area (Å²) in [6, 6.07) is 0.446. The highest BCUT2D eigenvalue weighted by molar-refractivity contribution is 5.10. The van der Waals surface area contributed by atoms with Gasteiger partial charge in [0, 0.05) is 6.04 Å². The van der Waals surface area contributed by atoms with Crippen LogP contribution in [0.2, 0.25) is 0 Å². The zero-order chi connectivity index (χ0) is 14.8. The Balaban J connectivity index is 1.62. The van der Waals surface area contributed by atoms with E-state index in [4.69, 9.17) is 5.73 Å². The molecule has 4 rings (SSSR count). The van der Waals surface area contributed by atoms with Crippen LogP contribution in [-0.2, 0) is 0 Å². The second kappa shape index (κ2) is 4.71. The van der Waals surface area contributed by atoms with Crippen molar-refractivity contribution in [1.29, 1.82) is 0 Å². The van der Waals surface area contributed by atoms with Gasteiger partial charge in [-0.1, -0.05) is 13.8 Å². The fourth-order valence-electron chi connectivity index (χ4n) is 7.28. The number of aliphatic hydroxyl groups is 1. The lowest BCUT2D eigenvalue weighted by atomic mass is 9.45. The Morgan fingerprint density at radius 2 is 1.57 bits per heavy atom. The SMILES string of the molecule is C[C@]12CC[C@@H](O)C[C@@H]1CC[C@@H]1[C@@H]2CC[C@]2(C)[C@@H](N)CC[C@@H]12. The van der Waals surface area contributed by atoms with Crippen LogP contribution in [0.5, 0.6) is 0 Å². The molecule has 21 heavy (non-hydrogen) atoms. The third-order valence-electron chi connectivity index (χ3n) is 8.71. The van der Waals surface area contributed by atoms with Gasteiger partial charge < -0.3 is 10.8 Å². The molecule has 0 radical (unpaired) electrons. The van der Waals surface area contributed by atoms with Gasteiger partial charge in [-0.05, 0) is 92.3 Å². The molecular weight excluding hydrogens is 258 g/mol. The average molecular weight is 291 g/mol. The predicted molar refractivity (Wildman–Crippen MR) is 85.7 cm³/mol. The fourth-order valence-corrected chi connectivity index (χ4v) is 7.28. The van der Waals surface area contributed by atoms with Crippen molar-refractivity contribution in [2.45, 2.75) is 83.8 Å². The molecular formula is C19H33NO. The van der Waals surface area contributed by atoms with E-state index in [1.807, 2.05) is 0 Å². The van der Waals surface area contributed by atoms with Gasteiger partial charge >= 0.3 is 0 Å². The van der Waals surface area contributed by atoms with Crippen LogP contribution in [0.1, 0.15) is 71.6 Å². The molecule has 0 saturated heterocycles. The maximum Gasteiger partial charge on any atom is 0.0543 e. The minimum atomic E-state index is -0.0200. The Morgan fingerprint density at radius 3 is 2.38 bits per heavy atom. The second-order valence-corrected chi connectivity index (χ2v) is 9.31. The third-order valence-corrected chi connectivity index (χ3v) is 8.71. The summed E-state index contributed by atoms with van der Waals surface area (Å²) in [6.45, 7) is 5.06. The summed E-state index contributed by atoms with van der Waals surface area (Å²) in [7, 11) is 0. The molecule has 8 atom stereocenters. The minimum Gasteiger partial charge on any atom is -0.393 e. The number of hydrogen-bond acceptors (Lipinski definition) is 2. The zero-order valence-corrected chi connectivity index (χ0v) is 13.9. The Hall–Kier alpha value is -0.0800. The molecule has 0 spiro atoms. The maximum atomic E-state index is 10.1. The normalized spacial score (nSPS) is 60.0. The molecule has 3 N–H and O–H groups in total. The van der Waals surface area contributed by atoms with Crippen LogP contribution in [-0.4, -0.2) is 17.3 Å². The molecule has 4 fully saturated rings. The molecule has 0 aromatic heterocycles. The van der Waals surface area contributed by atoms with E-state index in [1.165, 1.54) is 44.9 Å². The molecule has 4 aliphatic carbocycles. The third kappa shape index (κ3) is 1.91. The van der Waals surface area contributed by atoms with Crippen molar-refractivity contribution in [3.05, 3.63) is 0 Å². The number of fused-ring (bicyclic) bond motifs is 5. The molecule has 120 valence electrons. The average Bonchev–Trinajstić information content (AvgIpc) is 2.76. The molecule has 0 aromatic rings. The minimum absolute atomic E-state index is 0.0200.